The number of hydrogen-bond acceptors (Lipinski definition) is 2. The van der Waals surface area contributed by atoms with Crippen LogP contribution in [0.25, 0.3) is 0 Å². The summed E-state index contributed by atoms with van der Waals surface area (Å²) < 4.78 is 0. The van der Waals surface area contributed by atoms with Gasteiger partial charge >= 0.3 is 0 Å². The van der Waals surface area contributed by atoms with Crippen molar-refractivity contribution in [3.8, 4) is 0 Å². The zero-order valence-corrected chi connectivity index (χ0v) is 13.3. The van der Waals surface area contributed by atoms with Crippen molar-refractivity contribution in [3.05, 3.63) is 65.2 Å². The van der Waals surface area contributed by atoms with Gasteiger partial charge in [0.2, 0.25) is 5.91 Å². The first-order chi connectivity index (χ1) is 10.2. The topological polar surface area (TPSA) is 20.3 Å². The van der Waals surface area contributed by atoms with Crippen LogP contribution in [0.5, 0.6) is 0 Å². The molecule has 1 aliphatic rings. The fourth-order valence-corrected chi connectivity index (χ4v) is 4.17. The Kier molecular flexibility index (Phi) is 4.22. The number of benzene rings is 2. The average Bonchev–Trinajstić information content (AvgIpc) is 2.85. The fraction of sp³-hybridized carbons (Fsp3) is 0.235. The van der Waals surface area contributed by atoms with Crippen molar-refractivity contribution in [2.75, 3.05) is 4.90 Å². The minimum absolute atomic E-state index is 0.00789. The minimum Gasteiger partial charge on any atom is -0.293 e. The molecule has 2 aromatic rings. The third-order valence-electron chi connectivity index (χ3n) is 3.61. The van der Waals surface area contributed by atoms with Crippen LogP contribution < -0.4 is 4.90 Å². The largest absolute Gasteiger partial charge is 0.293 e. The van der Waals surface area contributed by atoms with Gasteiger partial charge in [-0.05, 0) is 24.1 Å². The summed E-state index contributed by atoms with van der Waals surface area (Å²) in [5.74, 6) is 0.143. The third kappa shape index (κ3) is 2.68. The van der Waals surface area contributed by atoms with Gasteiger partial charge in [-0.2, -0.15) is 0 Å². The molecular weight excluding hydrogens is 302 g/mol. The maximum Gasteiger partial charge on any atom is 0.241 e. The molecule has 0 spiro atoms. The van der Waals surface area contributed by atoms with E-state index >= 15 is 0 Å². The minimum atomic E-state index is -0.0106. The normalized spacial score (nSPS) is 21.8. The molecular formula is C17H16ClNOS. The predicted octanol–water partition coefficient (Wildman–Crippen LogP) is 4.90. The van der Waals surface area contributed by atoms with Gasteiger partial charge in [0, 0.05) is 0 Å². The Morgan fingerprint density at radius 3 is 2.43 bits per heavy atom. The lowest BCUT2D eigenvalue weighted by Gasteiger charge is -2.25. The second-order valence-corrected chi connectivity index (χ2v) is 6.65. The van der Waals surface area contributed by atoms with Gasteiger partial charge in [0.15, 0.2) is 0 Å². The van der Waals surface area contributed by atoms with E-state index in [0.29, 0.717) is 5.02 Å². The van der Waals surface area contributed by atoms with E-state index in [1.807, 2.05) is 54.3 Å². The summed E-state index contributed by atoms with van der Waals surface area (Å²) in [5, 5.41) is 0.596. The van der Waals surface area contributed by atoms with Crippen LogP contribution in [0.15, 0.2) is 54.6 Å². The zero-order chi connectivity index (χ0) is 14.8. The molecule has 0 N–H and O–H groups in total. The van der Waals surface area contributed by atoms with Gasteiger partial charge in [-0.25, -0.2) is 0 Å². The van der Waals surface area contributed by atoms with E-state index in [4.69, 9.17) is 11.6 Å². The van der Waals surface area contributed by atoms with Crippen molar-refractivity contribution in [1.82, 2.24) is 0 Å². The Bertz CT molecular complexity index is 646. The molecule has 21 heavy (non-hydrogen) atoms. The van der Waals surface area contributed by atoms with Crippen molar-refractivity contribution in [1.29, 1.82) is 0 Å². The quantitative estimate of drug-likeness (QED) is 0.802. The Morgan fingerprint density at radius 1 is 1.10 bits per heavy atom. The number of nitrogens with zero attached hydrogens (tertiary/aromatic N) is 1. The standard InChI is InChI=1S/C17H16ClNOS/c1-2-15-16(20)19(14-11-7-6-10-13(14)18)17(21-15)12-8-4-3-5-9-12/h3-11,15,17H,2H2,1H3. The number of anilines is 1. The summed E-state index contributed by atoms with van der Waals surface area (Å²) in [4.78, 5) is 14.6. The Balaban J connectivity index is 2.06. The number of carbonyl (C=O) groups excluding carboxylic acids is 1. The molecule has 0 bridgehead atoms. The molecule has 3 rings (SSSR count). The van der Waals surface area contributed by atoms with Crippen LogP contribution in [0.2, 0.25) is 5.02 Å². The maximum absolute atomic E-state index is 12.7. The molecule has 0 saturated carbocycles. The molecule has 1 saturated heterocycles. The molecule has 1 fully saturated rings. The second-order valence-electron chi connectivity index (χ2n) is 4.96. The van der Waals surface area contributed by atoms with Crippen LogP contribution in [0.3, 0.4) is 0 Å². The predicted molar refractivity (Wildman–Crippen MR) is 89.8 cm³/mol. The first-order valence-electron chi connectivity index (χ1n) is 7.00. The summed E-state index contributed by atoms with van der Waals surface area (Å²) in [6, 6.07) is 17.7. The summed E-state index contributed by atoms with van der Waals surface area (Å²) in [6.07, 6.45) is 0.827. The SMILES string of the molecule is CCC1SC(c2ccccc2)N(c2ccccc2Cl)C1=O. The summed E-state index contributed by atoms with van der Waals surface area (Å²) >= 11 is 8.01. The lowest BCUT2D eigenvalue weighted by atomic mass is 10.1. The van der Waals surface area contributed by atoms with Gasteiger partial charge in [0.25, 0.3) is 0 Å². The second kappa shape index (κ2) is 6.12. The highest BCUT2D eigenvalue weighted by Gasteiger charge is 2.41. The molecule has 0 aliphatic carbocycles. The molecule has 2 unspecified atom stereocenters. The molecule has 4 heteroatoms. The van der Waals surface area contributed by atoms with E-state index in [0.717, 1.165) is 17.7 Å². The average molecular weight is 318 g/mol. The van der Waals surface area contributed by atoms with Gasteiger partial charge in [-0.15, -0.1) is 11.8 Å². The number of amides is 1. The highest BCUT2D eigenvalue weighted by molar-refractivity contribution is 8.01. The van der Waals surface area contributed by atoms with Crippen LogP contribution in [0.4, 0.5) is 5.69 Å². The maximum atomic E-state index is 12.7. The number of carbonyl (C=O) groups is 1. The summed E-state index contributed by atoms with van der Waals surface area (Å²) in [7, 11) is 0. The van der Waals surface area contributed by atoms with Crippen molar-refractivity contribution in [3.63, 3.8) is 0 Å². The molecule has 2 atom stereocenters. The molecule has 0 radical (unpaired) electrons. The number of halogens is 1. The van der Waals surface area contributed by atoms with E-state index in [9.17, 15) is 4.79 Å². The van der Waals surface area contributed by atoms with Crippen LogP contribution in [0.1, 0.15) is 24.3 Å². The zero-order valence-electron chi connectivity index (χ0n) is 11.7. The highest BCUT2D eigenvalue weighted by Crippen LogP contribution is 2.47. The van der Waals surface area contributed by atoms with Crippen molar-refractivity contribution in [2.45, 2.75) is 24.0 Å². The number of hydrogen-bond donors (Lipinski definition) is 0. The lowest BCUT2D eigenvalue weighted by Crippen LogP contribution is -2.31. The van der Waals surface area contributed by atoms with Gasteiger partial charge < -0.3 is 0 Å². The van der Waals surface area contributed by atoms with E-state index in [1.165, 1.54) is 0 Å². The molecule has 2 aromatic carbocycles. The smallest absolute Gasteiger partial charge is 0.241 e. The number of thioether (sulfide) groups is 1. The Labute approximate surface area is 134 Å². The fourth-order valence-electron chi connectivity index (χ4n) is 2.55. The third-order valence-corrected chi connectivity index (χ3v) is 5.53. The summed E-state index contributed by atoms with van der Waals surface area (Å²) in [5.41, 5.74) is 1.92. The van der Waals surface area contributed by atoms with Gasteiger partial charge in [-0.1, -0.05) is 61.0 Å². The molecule has 1 aliphatic heterocycles. The molecule has 1 heterocycles. The lowest BCUT2D eigenvalue weighted by molar-refractivity contribution is -0.117. The summed E-state index contributed by atoms with van der Waals surface area (Å²) in [6.45, 7) is 2.05. The van der Waals surface area contributed by atoms with Gasteiger partial charge in [0.05, 0.1) is 16.0 Å². The van der Waals surface area contributed by atoms with E-state index in [1.54, 1.807) is 11.8 Å². The van der Waals surface area contributed by atoms with E-state index in [-0.39, 0.29) is 16.5 Å². The first-order valence-corrected chi connectivity index (χ1v) is 8.32. The number of para-hydroxylation sites is 1. The highest BCUT2D eigenvalue weighted by atomic mass is 35.5. The first kappa shape index (κ1) is 14.5. The van der Waals surface area contributed by atoms with E-state index < -0.39 is 0 Å². The van der Waals surface area contributed by atoms with E-state index in [2.05, 4.69) is 12.1 Å². The molecule has 2 nitrogen and oxygen atoms in total. The number of rotatable bonds is 3. The Hall–Kier alpha value is -1.45. The van der Waals surface area contributed by atoms with Crippen LogP contribution in [-0.4, -0.2) is 11.2 Å². The van der Waals surface area contributed by atoms with Crippen molar-refractivity contribution in [2.24, 2.45) is 0 Å². The van der Waals surface area contributed by atoms with Gasteiger partial charge in [-0.3, -0.25) is 9.69 Å². The van der Waals surface area contributed by atoms with Gasteiger partial charge in [0.1, 0.15) is 5.37 Å². The molecule has 1 amide bonds. The Morgan fingerprint density at radius 2 is 1.76 bits per heavy atom. The van der Waals surface area contributed by atoms with Crippen LogP contribution in [0, 0.1) is 0 Å². The monoisotopic (exact) mass is 317 g/mol. The van der Waals surface area contributed by atoms with Crippen LogP contribution >= 0.6 is 23.4 Å². The molecule has 0 aromatic heterocycles. The van der Waals surface area contributed by atoms with Crippen LogP contribution in [-0.2, 0) is 4.79 Å². The molecule has 108 valence electrons. The van der Waals surface area contributed by atoms with Crippen molar-refractivity contribution >= 4 is 35.0 Å². The van der Waals surface area contributed by atoms with Crippen molar-refractivity contribution < 1.29 is 4.79 Å².